The fraction of sp³-hybridized carbons (Fsp3) is 0.440. The molecule has 3 aromatic heterocycles. The quantitative estimate of drug-likeness (QED) is 0.448. The van der Waals surface area contributed by atoms with Crippen LogP contribution < -0.4 is 10.4 Å². The van der Waals surface area contributed by atoms with Crippen molar-refractivity contribution in [3.8, 4) is 5.75 Å². The molecule has 1 aliphatic heterocycles. The van der Waals surface area contributed by atoms with E-state index < -0.39 is 0 Å². The predicted molar refractivity (Wildman–Crippen MR) is 131 cm³/mol. The standard InChI is InChI=1S/C24H28N6O3.CH4/c1-15-11-28(12-16(2)33-15)17(3)19-9-21-22(25-10-19)29(24(31)30-23(21)26-14-27-30)13-18-5-7-20(32-4)8-6-18;/h5-10,14-17H,11-13H2,1-4H3;1H4/t15-,16+,17?;. The van der Waals surface area contributed by atoms with Crippen LogP contribution in [0.25, 0.3) is 16.7 Å². The molecule has 0 saturated carbocycles. The van der Waals surface area contributed by atoms with Crippen LogP contribution in [0.1, 0.15) is 45.4 Å². The Hall–Kier alpha value is -3.30. The minimum atomic E-state index is -0.269. The molecule has 3 atom stereocenters. The summed E-state index contributed by atoms with van der Waals surface area (Å²) in [7, 11) is 1.63. The molecule has 9 heteroatoms. The number of aromatic nitrogens is 5. The van der Waals surface area contributed by atoms with Crippen LogP contribution in [-0.2, 0) is 11.3 Å². The minimum absolute atomic E-state index is 0. The van der Waals surface area contributed by atoms with Crippen LogP contribution in [0.2, 0.25) is 0 Å². The Morgan fingerprint density at radius 2 is 1.82 bits per heavy atom. The second-order valence-corrected chi connectivity index (χ2v) is 8.74. The Morgan fingerprint density at radius 1 is 1.12 bits per heavy atom. The van der Waals surface area contributed by atoms with Crippen molar-refractivity contribution in [1.82, 2.24) is 29.0 Å². The second-order valence-electron chi connectivity index (χ2n) is 8.74. The van der Waals surface area contributed by atoms with Gasteiger partial charge in [0.2, 0.25) is 0 Å². The first-order chi connectivity index (χ1) is 15.9. The molecule has 1 fully saturated rings. The highest BCUT2D eigenvalue weighted by Crippen LogP contribution is 2.27. The summed E-state index contributed by atoms with van der Waals surface area (Å²) in [4.78, 5) is 24.7. The van der Waals surface area contributed by atoms with E-state index in [1.807, 2.05) is 30.5 Å². The van der Waals surface area contributed by atoms with Gasteiger partial charge in [0.05, 0.1) is 31.2 Å². The predicted octanol–water partition coefficient (Wildman–Crippen LogP) is 3.30. The third kappa shape index (κ3) is 4.28. The fourth-order valence-electron chi connectivity index (χ4n) is 4.65. The van der Waals surface area contributed by atoms with Gasteiger partial charge in [-0.15, -0.1) is 0 Å². The molecular weight excluding hydrogens is 432 g/mol. The van der Waals surface area contributed by atoms with Crippen LogP contribution in [-0.4, -0.2) is 61.5 Å². The zero-order valence-electron chi connectivity index (χ0n) is 19.3. The van der Waals surface area contributed by atoms with Gasteiger partial charge in [0.1, 0.15) is 17.7 Å². The number of hydrogen-bond donors (Lipinski definition) is 0. The molecule has 0 spiro atoms. The summed E-state index contributed by atoms with van der Waals surface area (Å²) in [6.07, 6.45) is 3.65. The molecule has 0 aliphatic carbocycles. The van der Waals surface area contributed by atoms with Crippen LogP contribution >= 0.6 is 0 Å². The van der Waals surface area contributed by atoms with Crippen molar-refractivity contribution in [2.75, 3.05) is 20.2 Å². The summed E-state index contributed by atoms with van der Waals surface area (Å²) in [5.41, 5.74) is 2.88. The van der Waals surface area contributed by atoms with E-state index in [-0.39, 0.29) is 31.4 Å². The first kappa shape index (κ1) is 23.8. The molecule has 1 aliphatic rings. The molecule has 0 amide bonds. The molecular formula is C25H32N6O3. The summed E-state index contributed by atoms with van der Waals surface area (Å²) in [6, 6.07) is 9.90. The number of fused-ring (bicyclic) bond motifs is 3. The highest BCUT2D eigenvalue weighted by Gasteiger charge is 2.27. The van der Waals surface area contributed by atoms with Gasteiger partial charge in [-0.25, -0.2) is 14.8 Å². The molecule has 4 heterocycles. The molecule has 4 aromatic rings. The Kier molecular flexibility index (Phi) is 6.67. The molecule has 1 saturated heterocycles. The van der Waals surface area contributed by atoms with Crippen LogP contribution in [0, 0.1) is 0 Å². The van der Waals surface area contributed by atoms with E-state index in [1.54, 1.807) is 11.7 Å². The van der Waals surface area contributed by atoms with Gasteiger partial charge < -0.3 is 9.47 Å². The maximum absolute atomic E-state index is 13.2. The van der Waals surface area contributed by atoms with Crippen molar-refractivity contribution in [2.45, 2.75) is 53.0 Å². The fourth-order valence-corrected chi connectivity index (χ4v) is 4.65. The maximum atomic E-state index is 13.2. The van der Waals surface area contributed by atoms with Crippen molar-refractivity contribution < 1.29 is 9.47 Å². The van der Waals surface area contributed by atoms with Gasteiger partial charge in [0.25, 0.3) is 0 Å². The number of ether oxygens (including phenoxy) is 2. The number of morpholine rings is 1. The number of pyridine rings is 1. The van der Waals surface area contributed by atoms with Gasteiger partial charge in [0, 0.05) is 25.3 Å². The van der Waals surface area contributed by atoms with E-state index in [0.29, 0.717) is 17.8 Å². The van der Waals surface area contributed by atoms with Crippen molar-refractivity contribution in [3.05, 3.63) is 64.5 Å². The van der Waals surface area contributed by atoms with Crippen LogP contribution in [0.15, 0.2) is 47.7 Å². The van der Waals surface area contributed by atoms with E-state index in [2.05, 4.69) is 41.8 Å². The van der Waals surface area contributed by atoms with Gasteiger partial charge in [-0.1, -0.05) is 19.6 Å². The molecule has 1 unspecified atom stereocenters. The topological polar surface area (TPSA) is 86.8 Å². The summed E-state index contributed by atoms with van der Waals surface area (Å²) in [6.45, 7) is 8.48. The number of nitrogens with zero attached hydrogens (tertiary/aromatic N) is 6. The van der Waals surface area contributed by atoms with Crippen molar-refractivity contribution in [1.29, 1.82) is 0 Å². The van der Waals surface area contributed by atoms with Gasteiger partial charge in [0.15, 0.2) is 5.65 Å². The average Bonchev–Trinajstić information content (AvgIpc) is 3.31. The largest absolute Gasteiger partial charge is 0.497 e. The molecule has 34 heavy (non-hydrogen) atoms. The van der Waals surface area contributed by atoms with E-state index >= 15 is 0 Å². The third-order valence-electron chi connectivity index (χ3n) is 6.32. The Morgan fingerprint density at radius 3 is 2.50 bits per heavy atom. The highest BCUT2D eigenvalue weighted by atomic mass is 16.5. The first-order valence-electron chi connectivity index (χ1n) is 11.2. The minimum Gasteiger partial charge on any atom is -0.497 e. The lowest BCUT2D eigenvalue weighted by atomic mass is 10.1. The Bertz CT molecular complexity index is 1340. The molecule has 1 aromatic carbocycles. The van der Waals surface area contributed by atoms with Gasteiger partial charge >= 0.3 is 5.69 Å². The molecule has 0 N–H and O–H groups in total. The number of benzene rings is 1. The summed E-state index contributed by atoms with van der Waals surface area (Å²) in [5.74, 6) is 0.770. The molecule has 180 valence electrons. The van der Waals surface area contributed by atoms with Gasteiger partial charge in [-0.3, -0.25) is 9.47 Å². The highest BCUT2D eigenvalue weighted by molar-refractivity contribution is 5.89. The number of methoxy groups -OCH3 is 1. The van der Waals surface area contributed by atoms with Crippen LogP contribution in [0.4, 0.5) is 0 Å². The molecule has 5 rings (SSSR count). The van der Waals surface area contributed by atoms with Crippen molar-refractivity contribution >= 4 is 16.7 Å². The monoisotopic (exact) mass is 464 g/mol. The van der Waals surface area contributed by atoms with E-state index in [4.69, 9.17) is 14.5 Å². The number of rotatable bonds is 5. The van der Waals surface area contributed by atoms with Gasteiger partial charge in [-0.2, -0.15) is 9.61 Å². The molecule has 0 radical (unpaired) electrons. The molecule has 0 bridgehead atoms. The Labute approximate surface area is 199 Å². The second kappa shape index (κ2) is 9.52. The van der Waals surface area contributed by atoms with Crippen molar-refractivity contribution in [3.63, 3.8) is 0 Å². The van der Waals surface area contributed by atoms with Crippen LogP contribution in [0.3, 0.4) is 0 Å². The van der Waals surface area contributed by atoms with Crippen molar-refractivity contribution in [2.24, 2.45) is 0 Å². The zero-order chi connectivity index (χ0) is 23.1. The summed E-state index contributed by atoms with van der Waals surface area (Å²) >= 11 is 0. The molecule has 9 nitrogen and oxygen atoms in total. The normalized spacial score (nSPS) is 19.8. The lowest BCUT2D eigenvalue weighted by Gasteiger charge is -2.39. The SMILES string of the molecule is C.COc1ccc(Cn2c(=O)n3ncnc3c3cc(C(C)N4C[C@@H](C)O[C@@H](C)C4)cnc32)cc1. The zero-order valence-corrected chi connectivity index (χ0v) is 19.3. The van der Waals surface area contributed by atoms with Crippen LogP contribution in [0.5, 0.6) is 5.75 Å². The van der Waals surface area contributed by atoms with E-state index in [0.717, 1.165) is 35.4 Å². The van der Waals surface area contributed by atoms with E-state index in [1.165, 1.54) is 10.8 Å². The lowest BCUT2D eigenvalue weighted by molar-refractivity contribution is -0.0789. The first-order valence-corrected chi connectivity index (χ1v) is 11.2. The lowest BCUT2D eigenvalue weighted by Crippen LogP contribution is -2.46. The van der Waals surface area contributed by atoms with E-state index in [9.17, 15) is 4.79 Å². The maximum Gasteiger partial charge on any atom is 0.352 e. The smallest absolute Gasteiger partial charge is 0.352 e. The average molecular weight is 465 g/mol. The Balaban J connectivity index is 0.00000274. The summed E-state index contributed by atoms with van der Waals surface area (Å²) in [5, 5.41) is 4.98. The summed E-state index contributed by atoms with van der Waals surface area (Å²) < 4.78 is 14.1. The number of hydrogen-bond acceptors (Lipinski definition) is 7. The third-order valence-corrected chi connectivity index (χ3v) is 6.32. The van der Waals surface area contributed by atoms with Gasteiger partial charge in [-0.05, 0) is 50.1 Å².